The van der Waals surface area contributed by atoms with Crippen molar-refractivity contribution in [2.45, 2.75) is 19.8 Å². The summed E-state index contributed by atoms with van der Waals surface area (Å²) in [5, 5.41) is 12.9. The molecule has 1 aromatic carbocycles. The Balaban J connectivity index is 2.12. The molecule has 106 valence electrons. The molecule has 0 unspecified atom stereocenters. The van der Waals surface area contributed by atoms with Crippen LogP contribution in [0, 0.1) is 0 Å². The highest BCUT2D eigenvalue weighted by molar-refractivity contribution is 6.04. The molecule has 1 heterocycles. The average Bonchev–Trinajstić information content (AvgIpc) is 2.93. The molecule has 0 aliphatic rings. The monoisotopic (exact) mass is 272 g/mol. The molecule has 1 amide bonds. The fourth-order valence-corrected chi connectivity index (χ4v) is 2.01. The second-order valence-electron chi connectivity index (χ2n) is 4.60. The van der Waals surface area contributed by atoms with Gasteiger partial charge in [0, 0.05) is 17.3 Å². The van der Waals surface area contributed by atoms with E-state index in [0.29, 0.717) is 11.4 Å². The number of likely N-dealkylation sites (N-methyl/N-ethyl adjacent to an activating group) is 1. The summed E-state index contributed by atoms with van der Waals surface area (Å²) in [5.41, 5.74) is 2.73. The third-order valence-corrected chi connectivity index (χ3v) is 3.16. The number of carbonyl (C=O) groups is 1. The zero-order chi connectivity index (χ0) is 14.4. The summed E-state index contributed by atoms with van der Waals surface area (Å²) < 4.78 is 0. The lowest BCUT2D eigenvalue weighted by Gasteiger charge is -2.08. The molecule has 2 aromatic rings. The summed E-state index contributed by atoms with van der Waals surface area (Å²) in [5.74, 6) is 0.445. The summed E-state index contributed by atoms with van der Waals surface area (Å²) in [7, 11) is 1.90. The van der Waals surface area contributed by atoms with Crippen LogP contribution < -0.4 is 10.6 Å². The molecular weight excluding hydrogens is 252 g/mol. The third-order valence-electron chi connectivity index (χ3n) is 3.16. The number of carbonyl (C=O) groups excluding carboxylic acids is 1. The minimum absolute atomic E-state index is 0.120. The quantitative estimate of drug-likeness (QED) is 0.753. The van der Waals surface area contributed by atoms with Gasteiger partial charge in [-0.3, -0.25) is 9.89 Å². The SMILES string of the molecule is CCc1cc(NC(=O)c2ccccc2CCNC)n[nH]1. The van der Waals surface area contributed by atoms with Crippen molar-refractivity contribution in [1.82, 2.24) is 15.5 Å². The number of rotatable bonds is 6. The Kier molecular flexibility index (Phi) is 4.90. The van der Waals surface area contributed by atoms with Crippen LogP contribution in [0.3, 0.4) is 0 Å². The number of anilines is 1. The Morgan fingerprint density at radius 3 is 2.85 bits per heavy atom. The van der Waals surface area contributed by atoms with E-state index in [-0.39, 0.29) is 5.91 Å². The summed E-state index contributed by atoms with van der Waals surface area (Å²) in [6.45, 7) is 2.87. The van der Waals surface area contributed by atoms with Crippen molar-refractivity contribution in [3.05, 3.63) is 47.2 Å². The first-order valence-electron chi connectivity index (χ1n) is 6.82. The highest BCUT2D eigenvalue weighted by Gasteiger charge is 2.12. The number of nitrogens with zero attached hydrogens (tertiary/aromatic N) is 1. The van der Waals surface area contributed by atoms with E-state index in [1.807, 2.05) is 44.3 Å². The number of hydrogen-bond donors (Lipinski definition) is 3. The van der Waals surface area contributed by atoms with E-state index in [1.165, 1.54) is 0 Å². The first kappa shape index (κ1) is 14.3. The molecule has 0 aliphatic heterocycles. The van der Waals surface area contributed by atoms with Crippen molar-refractivity contribution in [3.8, 4) is 0 Å². The van der Waals surface area contributed by atoms with E-state index in [9.17, 15) is 4.79 Å². The minimum atomic E-state index is -0.120. The van der Waals surface area contributed by atoms with Crippen molar-refractivity contribution in [3.63, 3.8) is 0 Å². The van der Waals surface area contributed by atoms with Gasteiger partial charge >= 0.3 is 0 Å². The first-order chi connectivity index (χ1) is 9.74. The molecule has 0 saturated carbocycles. The number of amides is 1. The molecule has 0 atom stereocenters. The van der Waals surface area contributed by atoms with Gasteiger partial charge in [0.1, 0.15) is 0 Å². The van der Waals surface area contributed by atoms with Crippen LogP contribution in [0.5, 0.6) is 0 Å². The van der Waals surface area contributed by atoms with Crippen molar-refractivity contribution in [2.24, 2.45) is 0 Å². The van der Waals surface area contributed by atoms with Gasteiger partial charge in [0.25, 0.3) is 5.91 Å². The first-order valence-corrected chi connectivity index (χ1v) is 6.82. The van der Waals surface area contributed by atoms with Crippen molar-refractivity contribution in [1.29, 1.82) is 0 Å². The Bertz CT molecular complexity index is 577. The lowest BCUT2D eigenvalue weighted by molar-refractivity contribution is 0.102. The van der Waals surface area contributed by atoms with Gasteiger partial charge in [-0.2, -0.15) is 5.10 Å². The van der Waals surface area contributed by atoms with E-state index >= 15 is 0 Å². The lowest BCUT2D eigenvalue weighted by Crippen LogP contribution is -2.17. The number of aromatic nitrogens is 2. The zero-order valence-corrected chi connectivity index (χ0v) is 11.9. The van der Waals surface area contributed by atoms with Gasteiger partial charge in [-0.15, -0.1) is 0 Å². The fraction of sp³-hybridized carbons (Fsp3) is 0.333. The molecule has 5 heteroatoms. The number of aryl methyl sites for hydroxylation is 1. The Morgan fingerprint density at radius 2 is 2.15 bits per heavy atom. The summed E-state index contributed by atoms with van der Waals surface area (Å²) >= 11 is 0. The van der Waals surface area contributed by atoms with Crippen LogP contribution in [0.4, 0.5) is 5.82 Å². The van der Waals surface area contributed by atoms with E-state index in [2.05, 4.69) is 20.8 Å². The molecule has 5 nitrogen and oxygen atoms in total. The van der Waals surface area contributed by atoms with Crippen LogP contribution in [0.1, 0.15) is 28.5 Å². The van der Waals surface area contributed by atoms with E-state index in [1.54, 1.807) is 0 Å². The Morgan fingerprint density at radius 1 is 1.35 bits per heavy atom. The molecule has 20 heavy (non-hydrogen) atoms. The third kappa shape index (κ3) is 3.45. The lowest BCUT2D eigenvalue weighted by atomic mass is 10.0. The summed E-state index contributed by atoms with van der Waals surface area (Å²) in [6, 6.07) is 9.50. The fourth-order valence-electron chi connectivity index (χ4n) is 2.01. The largest absolute Gasteiger partial charge is 0.319 e. The highest BCUT2D eigenvalue weighted by Crippen LogP contribution is 2.13. The Hall–Kier alpha value is -2.14. The molecule has 0 saturated heterocycles. The topological polar surface area (TPSA) is 69.8 Å². The molecule has 0 spiro atoms. The maximum absolute atomic E-state index is 12.3. The number of H-pyrrole nitrogens is 1. The minimum Gasteiger partial charge on any atom is -0.319 e. The van der Waals surface area contributed by atoms with E-state index in [4.69, 9.17) is 0 Å². The van der Waals surface area contributed by atoms with Crippen LogP contribution in [0.15, 0.2) is 30.3 Å². The second-order valence-corrected chi connectivity index (χ2v) is 4.60. The maximum atomic E-state index is 12.3. The van der Waals surface area contributed by atoms with Gasteiger partial charge in [-0.1, -0.05) is 25.1 Å². The van der Waals surface area contributed by atoms with Gasteiger partial charge in [-0.25, -0.2) is 0 Å². The van der Waals surface area contributed by atoms with Crippen LogP contribution >= 0.6 is 0 Å². The second kappa shape index (κ2) is 6.86. The molecular formula is C15H20N4O. The maximum Gasteiger partial charge on any atom is 0.257 e. The van der Waals surface area contributed by atoms with Crippen molar-refractivity contribution in [2.75, 3.05) is 18.9 Å². The smallest absolute Gasteiger partial charge is 0.257 e. The predicted molar refractivity (Wildman–Crippen MR) is 80.0 cm³/mol. The molecule has 3 N–H and O–H groups in total. The molecule has 0 fully saturated rings. The Labute approximate surface area is 118 Å². The van der Waals surface area contributed by atoms with Crippen molar-refractivity contribution < 1.29 is 4.79 Å². The van der Waals surface area contributed by atoms with Crippen LogP contribution in [0.25, 0.3) is 0 Å². The summed E-state index contributed by atoms with van der Waals surface area (Å²) in [4.78, 5) is 12.3. The van der Waals surface area contributed by atoms with E-state index < -0.39 is 0 Å². The molecule has 0 radical (unpaired) electrons. The summed E-state index contributed by atoms with van der Waals surface area (Å²) in [6.07, 6.45) is 1.68. The van der Waals surface area contributed by atoms with Gasteiger partial charge in [-0.05, 0) is 38.1 Å². The number of hydrogen-bond acceptors (Lipinski definition) is 3. The van der Waals surface area contributed by atoms with Crippen LogP contribution in [-0.4, -0.2) is 29.7 Å². The highest BCUT2D eigenvalue weighted by atomic mass is 16.1. The van der Waals surface area contributed by atoms with Crippen LogP contribution in [0.2, 0.25) is 0 Å². The molecule has 1 aromatic heterocycles. The van der Waals surface area contributed by atoms with Gasteiger partial charge in [0.15, 0.2) is 5.82 Å². The normalized spacial score (nSPS) is 10.5. The van der Waals surface area contributed by atoms with Gasteiger partial charge in [0.2, 0.25) is 0 Å². The predicted octanol–water partition coefficient (Wildman–Crippen LogP) is 1.99. The molecule has 2 rings (SSSR count). The van der Waals surface area contributed by atoms with E-state index in [0.717, 1.165) is 30.6 Å². The standard InChI is InChI=1S/C15H20N4O/c1-3-12-10-14(19-18-12)17-15(20)13-7-5-4-6-11(13)8-9-16-2/h4-7,10,16H,3,8-9H2,1-2H3,(H2,17,18,19,20). The number of nitrogens with one attached hydrogen (secondary N) is 3. The van der Waals surface area contributed by atoms with Gasteiger partial charge in [0.05, 0.1) is 0 Å². The molecule has 0 aliphatic carbocycles. The molecule has 0 bridgehead atoms. The number of benzene rings is 1. The zero-order valence-electron chi connectivity index (χ0n) is 11.9. The van der Waals surface area contributed by atoms with Crippen molar-refractivity contribution >= 4 is 11.7 Å². The number of aromatic amines is 1. The van der Waals surface area contributed by atoms with Crippen LogP contribution in [-0.2, 0) is 12.8 Å². The average molecular weight is 272 g/mol. The van der Waals surface area contributed by atoms with Gasteiger partial charge < -0.3 is 10.6 Å².